The van der Waals surface area contributed by atoms with Crippen LogP contribution in [-0.4, -0.2) is 9.36 Å². The van der Waals surface area contributed by atoms with Gasteiger partial charge in [0.1, 0.15) is 5.51 Å². The Morgan fingerprint density at radius 2 is 2.38 bits per heavy atom. The lowest BCUT2D eigenvalue weighted by atomic mass is 10.7. The van der Waals surface area contributed by atoms with E-state index in [0.29, 0.717) is 5.82 Å². The quantitative estimate of drug-likeness (QED) is 0.601. The van der Waals surface area contributed by atoms with Crippen LogP contribution in [0.1, 0.15) is 10.7 Å². The Balaban J connectivity index is 2.77. The highest BCUT2D eigenvalue weighted by molar-refractivity contribution is 7.03. The van der Waals surface area contributed by atoms with Crippen LogP contribution in [0.3, 0.4) is 0 Å². The van der Waals surface area contributed by atoms with Crippen molar-refractivity contribution in [2.24, 2.45) is 0 Å². The SMILES string of the molecule is ClC(Cl)c1ncsn1. The highest BCUT2D eigenvalue weighted by Gasteiger charge is 2.04. The predicted molar refractivity (Wildman–Crippen MR) is 34.4 cm³/mol. The molecule has 0 aliphatic carbocycles. The van der Waals surface area contributed by atoms with Gasteiger partial charge in [-0.05, 0) is 11.5 Å². The molecule has 0 atom stereocenters. The van der Waals surface area contributed by atoms with Gasteiger partial charge in [0.05, 0.1) is 0 Å². The Labute approximate surface area is 60.6 Å². The van der Waals surface area contributed by atoms with Crippen LogP contribution in [0.2, 0.25) is 0 Å². The van der Waals surface area contributed by atoms with Gasteiger partial charge >= 0.3 is 0 Å². The first-order chi connectivity index (χ1) is 3.80. The third-order valence-electron chi connectivity index (χ3n) is 0.574. The number of aromatic nitrogens is 2. The zero-order valence-electron chi connectivity index (χ0n) is 3.71. The maximum atomic E-state index is 5.39. The van der Waals surface area contributed by atoms with Crippen LogP contribution in [0.4, 0.5) is 0 Å². The molecule has 0 aromatic carbocycles. The van der Waals surface area contributed by atoms with Gasteiger partial charge in [-0.2, -0.15) is 4.37 Å². The topological polar surface area (TPSA) is 25.8 Å². The van der Waals surface area contributed by atoms with Gasteiger partial charge in [0.25, 0.3) is 0 Å². The average Bonchev–Trinajstić information content (AvgIpc) is 2.12. The van der Waals surface area contributed by atoms with Gasteiger partial charge in [0.15, 0.2) is 10.7 Å². The van der Waals surface area contributed by atoms with Crippen LogP contribution >= 0.6 is 34.7 Å². The van der Waals surface area contributed by atoms with Crippen LogP contribution < -0.4 is 0 Å². The lowest BCUT2D eigenvalue weighted by Gasteiger charge is -1.87. The number of rotatable bonds is 1. The molecule has 0 saturated heterocycles. The number of alkyl halides is 2. The molecule has 0 fully saturated rings. The lowest BCUT2D eigenvalue weighted by molar-refractivity contribution is 1.10. The summed E-state index contributed by atoms with van der Waals surface area (Å²) in [5.41, 5.74) is 1.59. The Bertz CT molecular complexity index is 150. The molecule has 44 valence electrons. The minimum atomic E-state index is -0.582. The zero-order valence-corrected chi connectivity index (χ0v) is 6.04. The normalized spacial score (nSPS) is 10.4. The molecule has 1 heterocycles. The van der Waals surface area contributed by atoms with Crippen molar-refractivity contribution in [3.05, 3.63) is 11.3 Å². The summed E-state index contributed by atoms with van der Waals surface area (Å²) in [5, 5.41) is 0. The van der Waals surface area contributed by atoms with E-state index >= 15 is 0 Å². The summed E-state index contributed by atoms with van der Waals surface area (Å²) in [5.74, 6) is 0.485. The number of halogens is 2. The molecule has 0 amide bonds. The Morgan fingerprint density at radius 1 is 1.62 bits per heavy atom. The second-order valence-electron chi connectivity index (χ2n) is 1.09. The van der Waals surface area contributed by atoms with Crippen LogP contribution in [0.25, 0.3) is 0 Å². The minimum Gasteiger partial charge on any atom is -0.225 e. The monoisotopic (exact) mass is 168 g/mol. The smallest absolute Gasteiger partial charge is 0.175 e. The fraction of sp³-hybridized carbons (Fsp3) is 0.333. The van der Waals surface area contributed by atoms with Crippen LogP contribution in [-0.2, 0) is 0 Å². The number of nitrogens with zero attached hydrogens (tertiary/aromatic N) is 2. The van der Waals surface area contributed by atoms with Crippen molar-refractivity contribution in [1.29, 1.82) is 0 Å². The molecular formula is C3H2Cl2N2S. The summed E-state index contributed by atoms with van der Waals surface area (Å²) >= 11 is 12.0. The van der Waals surface area contributed by atoms with E-state index < -0.39 is 4.84 Å². The van der Waals surface area contributed by atoms with E-state index in [0.717, 1.165) is 0 Å². The first kappa shape index (κ1) is 6.26. The molecule has 5 heteroatoms. The van der Waals surface area contributed by atoms with E-state index in [1.165, 1.54) is 11.5 Å². The molecule has 0 aliphatic rings. The molecule has 2 nitrogen and oxygen atoms in total. The summed E-state index contributed by atoms with van der Waals surface area (Å²) in [6.07, 6.45) is 0. The van der Waals surface area contributed by atoms with Crippen molar-refractivity contribution in [3.63, 3.8) is 0 Å². The van der Waals surface area contributed by atoms with Gasteiger partial charge in [-0.25, -0.2) is 4.98 Å². The Hall–Kier alpha value is 0.140. The largest absolute Gasteiger partial charge is 0.225 e. The predicted octanol–water partition coefficient (Wildman–Crippen LogP) is 2.01. The summed E-state index contributed by atoms with van der Waals surface area (Å²) in [6, 6.07) is 0. The number of hydrogen-bond donors (Lipinski definition) is 0. The summed E-state index contributed by atoms with van der Waals surface area (Å²) in [4.78, 5) is 3.18. The third kappa shape index (κ3) is 1.31. The Kier molecular flexibility index (Phi) is 2.05. The molecule has 0 unspecified atom stereocenters. The maximum absolute atomic E-state index is 5.39. The van der Waals surface area contributed by atoms with E-state index in [4.69, 9.17) is 23.2 Å². The van der Waals surface area contributed by atoms with Crippen molar-refractivity contribution in [2.45, 2.75) is 4.84 Å². The molecule has 1 rings (SSSR count). The second kappa shape index (κ2) is 2.62. The highest BCUT2D eigenvalue weighted by atomic mass is 35.5. The molecule has 0 spiro atoms. The fourth-order valence-corrected chi connectivity index (χ4v) is 1.06. The van der Waals surface area contributed by atoms with Gasteiger partial charge in [0, 0.05) is 0 Å². The molecule has 0 saturated carbocycles. The first-order valence-electron chi connectivity index (χ1n) is 1.85. The van der Waals surface area contributed by atoms with Gasteiger partial charge in [-0.3, -0.25) is 0 Å². The van der Waals surface area contributed by atoms with E-state index in [2.05, 4.69) is 9.36 Å². The van der Waals surface area contributed by atoms with E-state index in [-0.39, 0.29) is 0 Å². The number of hydrogen-bond acceptors (Lipinski definition) is 3. The first-order valence-corrected chi connectivity index (χ1v) is 3.56. The molecule has 0 bridgehead atoms. The van der Waals surface area contributed by atoms with Gasteiger partial charge < -0.3 is 0 Å². The summed E-state index contributed by atoms with van der Waals surface area (Å²) in [6.45, 7) is 0. The summed E-state index contributed by atoms with van der Waals surface area (Å²) in [7, 11) is 0. The van der Waals surface area contributed by atoms with Gasteiger partial charge in [-0.1, -0.05) is 23.2 Å². The molecule has 0 aliphatic heterocycles. The van der Waals surface area contributed by atoms with Crippen molar-refractivity contribution in [3.8, 4) is 0 Å². The summed E-state index contributed by atoms with van der Waals surface area (Å²) < 4.78 is 3.78. The standard InChI is InChI=1S/C3H2Cl2N2S/c4-2(5)3-6-1-8-7-3/h1-2H. The van der Waals surface area contributed by atoms with Crippen molar-refractivity contribution in [2.75, 3.05) is 0 Å². The van der Waals surface area contributed by atoms with E-state index in [9.17, 15) is 0 Å². The molecule has 0 N–H and O–H groups in total. The van der Waals surface area contributed by atoms with E-state index in [1.807, 2.05) is 0 Å². The van der Waals surface area contributed by atoms with E-state index in [1.54, 1.807) is 5.51 Å². The maximum Gasteiger partial charge on any atom is 0.175 e. The van der Waals surface area contributed by atoms with Crippen molar-refractivity contribution in [1.82, 2.24) is 9.36 Å². The fourth-order valence-electron chi connectivity index (χ4n) is 0.275. The van der Waals surface area contributed by atoms with Crippen molar-refractivity contribution >= 4 is 34.7 Å². The molecule has 0 radical (unpaired) electrons. The van der Waals surface area contributed by atoms with Gasteiger partial charge in [-0.15, -0.1) is 0 Å². The molecule has 1 aromatic heterocycles. The minimum absolute atomic E-state index is 0.485. The van der Waals surface area contributed by atoms with Crippen molar-refractivity contribution < 1.29 is 0 Å². The van der Waals surface area contributed by atoms with Gasteiger partial charge in [0.2, 0.25) is 0 Å². The average molecular weight is 169 g/mol. The van der Waals surface area contributed by atoms with Crippen LogP contribution in [0, 0.1) is 0 Å². The third-order valence-corrected chi connectivity index (χ3v) is 1.46. The second-order valence-corrected chi connectivity index (χ2v) is 2.79. The molecule has 8 heavy (non-hydrogen) atoms. The van der Waals surface area contributed by atoms with Crippen LogP contribution in [0.5, 0.6) is 0 Å². The molecule has 1 aromatic rings. The molecular weight excluding hydrogens is 167 g/mol. The van der Waals surface area contributed by atoms with Crippen LogP contribution in [0.15, 0.2) is 5.51 Å². The Morgan fingerprint density at radius 3 is 2.62 bits per heavy atom. The highest BCUT2D eigenvalue weighted by Crippen LogP contribution is 2.20. The lowest BCUT2D eigenvalue weighted by Crippen LogP contribution is -1.81. The zero-order chi connectivity index (χ0) is 5.98.